The van der Waals surface area contributed by atoms with Crippen molar-refractivity contribution in [1.82, 2.24) is 4.98 Å². The Hall–Kier alpha value is -1.59. The number of benzene rings is 1. The largest absolute Gasteiger partial charge is 0.247 e. The lowest BCUT2D eigenvalue weighted by molar-refractivity contribution is 1.29. The highest BCUT2D eigenvalue weighted by Crippen LogP contribution is 2.26. The lowest BCUT2D eigenvalue weighted by atomic mass is 10.1. The van der Waals surface area contributed by atoms with Gasteiger partial charge in [0.25, 0.3) is 0 Å². The number of hydrogen-bond donors (Lipinski definition) is 0. The van der Waals surface area contributed by atoms with Crippen LogP contribution in [0.5, 0.6) is 0 Å². The molecule has 2 rings (SSSR count). The maximum atomic E-state index is 5.25. The number of aromatic nitrogens is 1. The van der Waals surface area contributed by atoms with Gasteiger partial charge in [0.15, 0.2) is 0 Å². The Morgan fingerprint density at radius 3 is 2.53 bits per heavy atom. The second-order valence-corrected chi connectivity index (χ2v) is 3.91. The van der Waals surface area contributed by atoms with Gasteiger partial charge in [-0.3, -0.25) is 0 Å². The molecule has 0 unspecified atom stereocenters. The number of halogens is 1. The molecule has 0 bridgehead atoms. The molecule has 1 aromatic carbocycles. The van der Waals surface area contributed by atoms with E-state index in [1.54, 1.807) is 6.20 Å². The van der Waals surface area contributed by atoms with Crippen molar-refractivity contribution in [3.05, 3.63) is 52.8 Å². The molecule has 2 heteroatoms. The van der Waals surface area contributed by atoms with Crippen molar-refractivity contribution < 1.29 is 0 Å². The molecule has 1 nitrogen and oxygen atoms in total. The number of hydrogen-bond acceptors (Lipinski definition) is 1. The topological polar surface area (TPSA) is 12.9 Å². The first kappa shape index (κ1) is 9.95. The highest BCUT2D eigenvalue weighted by Gasteiger charge is 2.01. The fourth-order valence-electron chi connectivity index (χ4n) is 1.33. The van der Waals surface area contributed by atoms with Crippen LogP contribution in [0.1, 0.15) is 5.69 Å². The first-order chi connectivity index (χ1) is 7.31. The summed E-state index contributed by atoms with van der Waals surface area (Å²) in [5, 5.41) is 0. The highest BCUT2D eigenvalue weighted by molar-refractivity contribution is 9.10. The van der Waals surface area contributed by atoms with Crippen LogP contribution in [-0.4, -0.2) is 4.98 Å². The fraction of sp³-hybridized carbons (Fsp3) is 0. The number of rotatable bonds is 1. The molecule has 1 aromatic heterocycles. The van der Waals surface area contributed by atoms with Gasteiger partial charge in [-0.15, -0.1) is 6.42 Å². The molecule has 0 atom stereocenters. The van der Waals surface area contributed by atoms with Gasteiger partial charge < -0.3 is 0 Å². The lowest BCUT2D eigenvalue weighted by Gasteiger charge is -2.03. The molecule has 15 heavy (non-hydrogen) atoms. The molecule has 1 heterocycles. The Morgan fingerprint density at radius 1 is 1.13 bits per heavy atom. The van der Waals surface area contributed by atoms with Gasteiger partial charge in [0.2, 0.25) is 0 Å². The maximum Gasteiger partial charge on any atom is 0.112 e. The Kier molecular flexibility index (Phi) is 2.84. The highest BCUT2D eigenvalue weighted by atomic mass is 79.9. The van der Waals surface area contributed by atoms with E-state index in [0.717, 1.165) is 15.6 Å². The summed E-state index contributed by atoms with van der Waals surface area (Å²) in [6.07, 6.45) is 7.03. The van der Waals surface area contributed by atoms with Crippen LogP contribution in [0.3, 0.4) is 0 Å². The van der Waals surface area contributed by atoms with Gasteiger partial charge in [0.1, 0.15) is 5.69 Å². The third kappa shape index (κ3) is 2.08. The second kappa shape index (κ2) is 4.29. The summed E-state index contributed by atoms with van der Waals surface area (Å²) in [5.41, 5.74) is 2.83. The SMILES string of the molecule is C#Cc1ccc(-c2ccccc2Br)cn1. The maximum absolute atomic E-state index is 5.25. The summed E-state index contributed by atoms with van der Waals surface area (Å²) in [5.74, 6) is 2.50. The zero-order valence-corrected chi connectivity index (χ0v) is 9.53. The van der Waals surface area contributed by atoms with Gasteiger partial charge in [-0.2, -0.15) is 0 Å². The van der Waals surface area contributed by atoms with E-state index in [1.807, 2.05) is 36.4 Å². The summed E-state index contributed by atoms with van der Waals surface area (Å²) in [6.45, 7) is 0. The Bertz CT molecular complexity index is 509. The lowest BCUT2D eigenvalue weighted by Crippen LogP contribution is -1.84. The van der Waals surface area contributed by atoms with E-state index < -0.39 is 0 Å². The van der Waals surface area contributed by atoms with Crippen LogP contribution in [0.2, 0.25) is 0 Å². The Balaban J connectivity index is 2.47. The van der Waals surface area contributed by atoms with E-state index in [1.165, 1.54) is 0 Å². The molecule has 0 fully saturated rings. The van der Waals surface area contributed by atoms with Crippen molar-refractivity contribution in [1.29, 1.82) is 0 Å². The van der Waals surface area contributed by atoms with E-state index in [2.05, 4.69) is 26.8 Å². The monoisotopic (exact) mass is 257 g/mol. The van der Waals surface area contributed by atoms with E-state index in [-0.39, 0.29) is 0 Å². The average molecular weight is 258 g/mol. The quantitative estimate of drug-likeness (QED) is 0.713. The molecule has 0 aliphatic heterocycles. The van der Waals surface area contributed by atoms with Crippen molar-refractivity contribution in [3.8, 4) is 23.5 Å². The summed E-state index contributed by atoms with van der Waals surface area (Å²) in [4.78, 5) is 4.16. The van der Waals surface area contributed by atoms with Crippen LogP contribution >= 0.6 is 15.9 Å². The molecule has 0 N–H and O–H groups in total. The van der Waals surface area contributed by atoms with Crippen molar-refractivity contribution in [3.63, 3.8) is 0 Å². The number of terminal acetylenes is 1. The molecule has 0 spiro atoms. The van der Waals surface area contributed by atoms with Crippen LogP contribution in [0, 0.1) is 12.3 Å². The zero-order valence-electron chi connectivity index (χ0n) is 7.94. The van der Waals surface area contributed by atoms with Gasteiger partial charge in [0, 0.05) is 16.2 Å². The fourth-order valence-corrected chi connectivity index (χ4v) is 1.85. The van der Waals surface area contributed by atoms with E-state index in [9.17, 15) is 0 Å². The van der Waals surface area contributed by atoms with E-state index in [0.29, 0.717) is 5.69 Å². The van der Waals surface area contributed by atoms with E-state index in [4.69, 9.17) is 6.42 Å². The number of pyridine rings is 1. The Morgan fingerprint density at radius 2 is 1.93 bits per heavy atom. The average Bonchev–Trinajstić information content (AvgIpc) is 2.30. The van der Waals surface area contributed by atoms with Gasteiger partial charge in [-0.1, -0.05) is 40.0 Å². The van der Waals surface area contributed by atoms with Gasteiger partial charge in [-0.25, -0.2) is 4.98 Å². The molecule has 0 saturated heterocycles. The standard InChI is InChI=1S/C13H8BrN/c1-2-11-8-7-10(9-15-11)12-5-3-4-6-13(12)14/h1,3-9H. The Labute approximate surface area is 97.3 Å². The molecule has 0 aliphatic carbocycles. The predicted molar refractivity (Wildman–Crippen MR) is 65.3 cm³/mol. The molecule has 72 valence electrons. The molecular weight excluding hydrogens is 250 g/mol. The zero-order chi connectivity index (χ0) is 10.7. The molecule has 0 aliphatic rings. The van der Waals surface area contributed by atoms with Crippen molar-refractivity contribution in [2.75, 3.05) is 0 Å². The van der Waals surface area contributed by atoms with Crippen LogP contribution in [0.25, 0.3) is 11.1 Å². The molecule has 2 aromatic rings. The van der Waals surface area contributed by atoms with Crippen molar-refractivity contribution in [2.24, 2.45) is 0 Å². The summed E-state index contributed by atoms with van der Waals surface area (Å²) in [7, 11) is 0. The first-order valence-electron chi connectivity index (χ1n) is 4.49. The summed E-state index contributed by atoms with van der Waals surface area (Å²) in [6, 6.07) is 11.8. The smallest absolute Gasteiger partial charge is 0.112 e. The molecule has 0 amide bonds. The second-order valence-electron chi connectivity index (χ2n) is 3.06. The van der Waals surface area contributed by atoms with Crippen LogP contribution < -0.4 is 0 Å². The number of nitrogens with zero attached hydrogens (tertiary/aromatic N) is 1. The minimum atomic E-state index is 0.658. The normalized spacial score (nSPS) is 9.60. The van der Waals surface area contributed by atoms with Gasteiger partial charge in [-0.05, 0) is 23.8 Å². The molecule has 0 saturated carbocycles. The van der Waals surface area contributed by atoms with Crippen LogP contribution in [0.4, 0.5) is 0 Å². The minimum absolute atomic E-state index is 0.658. The van der Waals surface area contributed by atoms with Gasteiger partial charge >= 0.3 is 0 Å². The first-order valence-corrected chi connectivity index (χ1v) is 5.28. The predicted octanol–water partition coefficient (Wildman–Crippen LogP) is 3.49. The summed E-state index contributed by atoms with van der Waals surface area (Å²) >= 11 is 3.50. The minimum Gasteiger partial charge on any atom is -0.247 e. The third-order valence-corrected chi connectivity index (χ3v) is 2.79. The van der Waals surface area contributed by atoms with Crippen molar-refractivity contribution >= 4 is 15.9 Å². The van der Waals surface area contributed by atoms with E-state index >= 15 is 0 Å². The van der Waals surface area contributed by atoms with Crippen LogP contribution in [0.15, 0.2) is 47.1 Å². The summed E-state index contributed by atoms with van der Waals surface area (Å²) < 4.78 is 1.06. The van der Waals surface area contributed by atoms with Gasteiger partial charge in [0.05, 0.1) is 0 Å². The molecule has 0 radical (unpaired) electrons. The molecular formula is C13H8BrN. The third-order valence-electron chi connectivity index (χ3n) is 2.10. The van der Waals surface area contributed by atoms with Crippen molar-refractivity contribution in [2.45, 2.75) is 0 Å². The van der Waals surface area contributed by atoms with Crippen LogP contribution in [-0.2, 0) is 0 Å².